The lowest BCUT2D eigenvalue weighted by Gasteiger charge is -2.15. The van der Waals surface area contributed by atoms with E-state index in [0.29, 0.717) is 0 Å². The normalized spacial score (nSPS) is 12.3. The molecule has 0 saturated carbocycles. The molecule has 0 saturated heterocycles. The summed E-state index contributed by atoms with van der Waals surface area (Å²) in [6.07, 6.45) is 0.147. The predicted octanol–water partition coefficient (Wildman–Crippen LogP) is 3.04. The highest BCUT2D eigenvalue weighted by molar-refractivity contribution is 5.92. The van der Waals surface area contributed by atoms with E-state index in [4.69, 9.17) is 4.74 Å². The number of carbonyl (C=O) groups is 1. The summed E-state index contributed by atoms with van der Waals surface area (Å²) in [5, 5.41) is 6.23. The van der Waals surface area contributed by atoms with Crippen LogP contribution in [0.5, 0.6) is 0 Å². The summed E-state index contributed by atoms with van der Waals surface area (Å²) < 4.78 is 5.21. The predicted molar refractivity (Wildman–Crippen MR) is 79.6 cm³/mol. The Bertz CT molecular complexity index is 430. The molecule has 1 aromatic rings. The minimum atomic E-state index is -0.0220. The minimum Gasteiger partial charge on any atom is -0.382 e. The van der Waals surface area contributed by atoms with E-state index in [9.17, 15) is 4.79 Å². The second-order valence-electron chi connectivity index (χ2n) is 5.10. The fourth-order valence-corrected chi connectivity index (χ4v) is 1.51. The van der Waals surface area contributed by atoms with E-state index in [2.05, 4.69) is 10.6 Å². The first-order valence-electron chi connectivity index (χ1n) is 6.62. The maximum absolute atomic E-state index is 11.7. The summed E-state index contributed by atoms with van der Waals surface area (Å²) in [6.45, 7) is 8.53. The second kappa shape index (κ2) is 7.14. The number of anilines is 2. The number of aryl methyl sites for hydroxylation is 1. The molecular formula is C15H24N2O2. The van der Waals surface area contributed by atoms with Crippen LogP contribution in [0.4, 0.5) is 11.4 Å². The van der Waals surface area contributed by atoms with Crippen molar-refractivity contribution in [2.45, 2.75) is 33.8 Å². The summed E-state index contributed by atoms with van der Waals surface area (Å²) in [4.78, 5) is 11.7. The maximum atomic E-state index is 11.7. The van der Waals surface area contributed by atoms with E-state index in [1.165, 1.54) is 0 Å². The van der Waals surface area contributed by atoms with Crippen molar-refractivity contribution in [1.82, 2.24) is 0 Å². The molecule has 4 heteroatoms. The number of hydrogen-bond acceptors (Lipinski definition) is 3. The van der Waals surface area contributed by atoms with Gasteiger partial charge < -0.3 is 15.4 Å². The zero-order valence-electron chi connectivity index (χ0n) is 12.4. The Balaban J connectivity index is 2.74. The van der Waals surface area contributed by atoms with Crippen LogP contribution >= 0.6 is 0 Å². The van der Waals surface area contributed by atoms with Crippen LogP contribution in [0, 0.1) is 12.8 Å². The second-order valence-corrected chi connectivity index (χ2v) is 5.10. The van der Waals surface area contributed by atoms with Gasteiger partial charge in [0.15, 0.2) is 0 Å². The molecule has 1 rings (SSSR count). The Labute approximate surface area is 115 Å². The highest BCUT2D eigenvalue weighted by atomic mass is 16.5. The largest absolute Gasteiger partial charge is 0.382 e. The fraction of sp³-hybridized carbons (Fsp3) is 0.533. The highest BCUT2D eigenvalue weighted by Gasteiger charge is 2.08. The molecule has 0 radical (unpaired) electrons. The van der Waals surface area contributed by atoms with Crippen LogP contribution < -0.4 is 10.6 Å². The van der Waals surface area contributed by atoms with Gasteiger partial charge in [-0.15, -0.1) is 0 Å². The third-order valence-electron chi connectivity index (χ3n) is 3.01. The van der Waals surface area contributed by atoms with Crippen LogP contribution in [0.25, 0.3) is 0 Å². The molecule has 4 nitrogen and oxygen atoms in total. The first-order chi connectivity index (χ1) is 8.93. The van der Waals surface area contributed by atoms with E-state index in [1.54, 1.807) is 7.11 Å². The number of hydrogen-bond donors (Lipinski definition) is 2. The monoisotopic (exact) mass is 264 g/mol. The number of amides is 1. The van der Waals surface area contributed by atoms with Crippen molar-refractivity contribution in [3.63, 3.8) is 0 Å². The molecule has 0 aliphatic heterocycles. The van der Waals surface area contributed by atoms with Gasteiger partial charge in [-0.1, -0.05) is 19.9 Å². The van der Waals surface area contributed by atoms with Gasteiger partial charge in [0.2, 0.25) is 5.91 Å². The lowest BCUT2D eigenvalue weighted by Crippen LogP contribution is -2.19. The number of methoxy groups -OCH3 is 1. The fourth-order valence-electron chi connectivity index (χ4n) is 1.51. The van der Waals surface area contributed by atoms with E-state index >= 15 is 0 Å². The van der Waals surface area contributed by atoms with Gasteiger partial charge in [-0.2, -0.15) is 0 Å². The molecule has 0 aliphatic rings. The lowest BCUT2D eigenvalue weighted by molar-refractivity contribution is -0.118. The third kappa shape index (κ3) is 4.91. The van der Waals surface area contributed by atoms with Gasteiger partial charge in [0.25, 0.3) is 0 Å². The highest BCUT2D eigenvalue weighted by Crippen LogP contribution is 2.20. The molecule has 0 aromatic heterocycles. The smallest absolute Gasteiger partial charge is 0.226 e. The molecular weight excluding hydrogens is 240 g/mol. The van der Waals surface area contributed by atoms with Crippen LogP contribution in [-0.2, 0) is 9.53 Å². The number of benzene rings is 1. The number of carbonyl (C=O) groups excluding carboxylic acids is 1. The summed E-state index contributed by atoms with van der Waals surface area (Å²) in [6, 6.07) is 5.87. The SMILES string of the molecule is CO[C@H](C)CNc1cc(NC(=O)C(C)C)ccc1C. The summed E-state index contributed by atoms with van der Waals surface area (Å²) in [7, 11) is 1.69. The summed E-state index contributed by atoms with van der Waals surface area (Å²) in [5.41, 5.74) is 2.98. The van der Waals surface area contributed by atoms with Gasteiger partial charge in [-0.25, -0.2) is 0 Å². The van der Waals surface area contributed by atoms with E-state index in [0.717, 1.165) is 23.5 Å². The molecule has 106 valence electrons. The van der Waals surface area contributed by atoms with Crippen LogP contribution in [0.1, 0.15) is 26.3 Å². The van der Waals surface area contributed by atoms with Crippen LogP contribution in [0.3, 0.4) is 0 Å². The molecule has 1 atom stereocenters. The van der Waals surface area contributed by atoms with Gasteiger partial charge in [0, 0.05) is 30.9 Å². The van der Waals surface area contributed by atoms with E-state index in [1.807, 2.05) is 45.9 Å². The van der Waals surface area contributed by atoms with Crippen molar-refractivity contribution in [2.24, 2.45) is 5.92 Å². The van der Waals surface area contributed by atoms with Crippen molar-refractivity contribution in [1.29, 1.82) is 0 Å². The number of nitrogens with one attached hydrogen (secondary N) is 2. The van der Waals surface area contributed by atoms with Gasteiger partial charge in [-0.3, -0.25) is 4.79 Å². The maximum Gasteiger partial charge on any atom is 0.226 e. The molecule has 0 bridgehead atoms. The van der Waals surface area contributed by atoms with Crippen molar-refractivity contribution in [2.75, 3.05) is 24.3 Å². The summed E-state index contributed by atoms with van der Waals surface area (Å²) >= 11 is 0. The zero-order chi connectivity index (χ0) is 14.4. The van der Waals surface area contributed by atoms with E-state index < -0.39 is 0 Å². The van der Waals surface area contributed by atoms with Gasteiger partial charge >= 0.3 is 0 Å². The molecule has 19 heavy (non-hydrogen) atoms. The van der Waals surface area contributed by atoms with Gasteiger partial charge in [0.1, 0.15) is 0 Å². The lowest BCUT2D eigenvalue weighted by atomic mass is 10.1. The average molecular weight is 264 g/mol. The average Bonchev–Trinajstić information content (AvgIpc) is 2.38. The quantitative estimate of drug-likeness (QED) is 0.830. The summed E-state index contributed by atoms with van der Waals surface area (Å²) in [5.74, 6) is 0.00582. The van der Waals surface area contributed by atoms with Crippen molar-refractivity contribution in [3.05, 3.63) is 23.8 Å². The van der Waals surface area contributed by atoms with Gasteiger partial charge in [-0.05, 0) is 31.5 Å². The van der Waals surface area contributed by atoms with Crippen LogP contribution in [0.2, 0.25) is 0 Å². The zero-order valence-corrected chi connectivity index (χ0v) is 12.4. The Kier molecular flexibility index (Phi) is 5.83. The standard InChI is InChI=1S/C15H24N2O2/c1-10(2)15(18)17-13-7-6-11(3)14(8-13)16-9-12(4)19-5/h6-8,10,12,16H,9H2,1-5H3,(H,17,18)/t12-/m1/s1. The molecule has 0 spiro atoms. The first-order valence-corrected chi connectivity index (χ1v) is 6.62. The van der Waals surface area contributed by atoms with Crippen molar-refractivity contribution < 1.29 is 9.53 Å². The van der Waals surface area contributed by atoms with E-state index in [-0.39, 0.29) is 17.9 Å². The van der Waals surface area contributed by atoms with Gasteiger partial charge in [0.05, 0.1) is 6.10 Å². The van der Waals surface area contributed by atoms with Crippen molar-refractivity contribution >= 4 is 17.3 Å². The molecule has 1 aromatic carbocycles. The Morgan fingerprint density at radius 3 is 2.58 bits per heavy atom. The molecule has 0 heterocycles. The molecule has 0 aliphatic carbocycles. The molecule has 0 unspecified atom stereocenters. The minimum absolute atomic E-state index is 0.0220. The molecule has 0 fully saturated rings. The number of ether oxygens (including phenoxy) is 1. The van der Waals surface area contributed by atoms with Crippen molar-refractivity contribution in [3.8, 4) is 0 Å². The number of rotatable bonds is 6. The first kappa shape index (κ1) is 15.5. The Morgan fingerprint density at radius 2 is 2.00 bits per heavy atom. The topological polar surface area (TPSA) is 50.4 Å². The molecule has 1 amide bonds. The molecule has 2 N–H and O–H groups in total. The van der Waals surface area contributed by atoms with Crippen LogP contribution in [0.15, 0.2) is 18.2 Å². The third-order valence-corrected chi connectivity index (χ3v) is 3.01. The Morgan fingerprint density at radius 1 is 1.32 bits per heavy atom. The van der Waals surface area contributed by atoms with Crippen LogP contribution in [-0.4, -0.2) is 25.7 Å². The Hall–Kier alpha value is -1.55.